The van der Waals surface area contributed by atoms with Crippen LogP contribution in [0.3, 0.4) is 0 Å². The molecule has 1 atom stereocenters. The molecule has 1 fully saturated rings. The van der Waals surface area contributed by atoms with Gasteiger partial charge in [-0.05, 0) is 59.3 Å². The maximum absolute atomic E-state index is 12.0. The van der Waals surface area contributed by atoms with Crippen LogP contribution in [0.15, 0.2) is 11.6 Å². The van der Waals surface area contributed by atoms with Crippen molar-refractivity contribution in [1.29, 1.82) is 0 Å². The second-order valence-electron chi connectivity index (χ2n) is 7.44. The third-order valence-electron chi connectivity index (χ3n) is 4.19. The van der Waals surface area contributed by atoms with Crippen molar-refractivity contribution >= 4 is 17.4 Å². The molecule has 5 nitrogen and oxygen atoms in total. The lowest BCUT2D eigenvalue weighted by Crippen LogP contribution is -2.41. The Morgan fingerprint density at radius 3 is 2.71 bits per heavy atom. The molecule has 1 aromatic rings. The van der Waals surface area contributed by atoms with Crippen LogP contribution in [0.5, 0.6) is 0 Å². The Hall–Kier alpha value is -1.14. The average molecular weight is 355 g/mol. The number of likely N-dealkylation sites (tertiary alicyclic amines) is 1. The summed E-state index contributed by atoms with van der Waals surface area (Å²) in [7, 11) is 0. The van der Waals surface area contributed by atoms with Gasteiger partial charge in [-0.25, -0.2) is 9.78 Å². The zero-order chi connectivity index (χ0) is 17.6. The van der Waals surface area contributed by atoms with E-state index in [0.29, 0.717) is 5.92 Å². The fraction of sp³-hybridized carbons (Fsp3) is 0.778. The largest absolute Gasteiger partial charge is 0.444 e. The smallest absolute Gasteiger partial charge is 0.410 e. The number of carbonyl (C=O) groups is 1. The molecule has 1 aromatic heterocycles. The van der Waals surface area contributed by atoms with E-state index in [2.05, 4.69) is 11.9 Å². The van der Waals surface area contributed by atoms with Crippen molar-refractivity contribution in [1.82, 2.24) is 9.88 Å². The number of nitrogens with zero attached hydrogens (tertiary/aromatic N) is 2. The molecule has 1 amide bonds. The molecule has 0 unspecified atom stereocenters. The molecule has 24 heavy (non-hydrogen) atoms. The first kappa shape index (κ1) is 19.2. The summed E-state index contributed by atoms with van der Waals surface area (Å²) in [6.45, 7) is 10.1. The van der Waals surface area contributed by atoms with Crippen molar-refractivity contribution < 1.29 is 14.3 Å². The Balaban J connectivity index is 1.59. The fourth-order valence-electron chi connectivity index (χ4n) is 2.87. The Morgan fingerprint density at radius 1 is 1.42 bits per heavy atom. The predicted molar refractivity (Wildman–Crippen MR) is 96.2 cm³/mol. The molecular formula is C18H30N2O3S. The van der Waals surface area contributed by atoms with Crippen molar-refractivity contribution in [2.45, 2.75) is 65.1 Å². The van der Waals surface area contributed by atoms with Crippen LogP contribution in [-0.2, 0) is 9.47 Å². The summed E-state index contributed by atoms with van der Waals surface area (Å²) in [5.41, 5.74) is -0.417. The number of amides is 1. The van der Waals surface area contributed by atoms with E-state index in [0.717, 1.165) is 50.4 Å². The number of piperidine rings is 1. The molecule has 1 aliphatic rings. The van der Waals surface area contributed by atoms with E-state index in [1.165, 1.54) is 0 Å². The van der Waals surface area contributed by atoms with Gasteiger partial charge in [0.25, 0.3) is 0 Å². The highest BCUT2D eigenvalue weighted by Crippen LogP contribution is 2.24. The standard InChI is InChI=1S/C18H30N2O3S/c1-14(16-19-9-13-24-16)22-12-5-6-15-7-10-20(11-8-15)17(21)23-18(2,3)4/h9,13-15H,5-8,10-12H2,1-4H3/t14-/m0/s1. The minimum Gasteiger partial charge on any atom is -0.444 e. The van der Waals surface area contributed by atoms with E-state index in [-0.39, 0.29) is 12.2 Å². The summed E-state index contributed by atoms with van der Waals surface area (Å²) < 4.78 is 11.3. The molecule has 136 valence electrons. The third-order valence-corrected chi connectivity index (χ3v) is 5.13. The van der Waals surface area contributed by atoms with Gasteiger partial charge < -0.3 is 14.4 Å². The lowest BCUT2D eigenvalue weighted by atomic mass is 9.92. The Morgan fingerprint density at radius 2 is 2.12 bits per heavy atom. The van der Waals surface area contributed by atoms with E-state index < -0.39 is 5.60 Å². The van der Waals surface area contributed by atoms with Gasteiger partial charge in [-0.2, -0.15) is 0 Å². The van der Waals surface area contributed by atoms with Crippen LogP contribution in [0.25, 0.3) is 0 Å². The number of aromatic nitrogens is 1. The summed E-state index contributed by atoms with van der Waals surface area (Å²) >= 11 is 1.64. The predicted octanol–water partition coefficient (Wildman–Crippen LogP) is 4.65. The van der Waals surface area contributed by atoms with Gasteiger partial charge >= 0.3 is 6.09 Å². The Bertz CT molecular complexity index is 491. The van der Waals surface area contributed by atoms with Crippen molar-refractivity contribution in [3.63, 3.8) is 0 Å². The van der Waals surface area contributed by atoms with E-state index in [1.54, 1.807) is 11.3 Å². The van der Waals surface area contributed by atoms with E-state index in [4.69, 9.17) is 9.47 Å². The zero-order valence-electron chi connectivity index (χ0n) is 15.3. The molecule has 0 aliphatic carbocycles. The number of hydrogen-bond acceptors (Lipinski definition) is 5. The second-order valence-corrected chi connectivity index (χ2v) is 8.36. The molecule has 2 heterocycles. The van der Waals surface area contributed by atoms with Crippen LogP contribution in [-0.4, -0.2) is 41.3 Å². The highest BCUT2D eigenvalue weighted by Gasteiger charge is 2.26. The number of thiazole rings is 1. The van der Waals surface area contributed by atoms with Gasteiger partial charge in [0.15, 0.2) is 0 Å². The lowest BCUT2D eigenvalue weighted by molar-refractivity contribution is 0.0170. The quantitative estimate of drug-likeness (QED) is 0.698. The zero-order valence-corrected chi connectivity index (χ0v) is 16.1. The topological polar surface area (TPSA) is 51.7 Å². The van der Waals surface area contributed by atoms with E-state index in [9.17, 15) is 4.79 Å². The summed E-state index contributed by atoms with van der Waals surface area (Å²) in [6.07, 6.45) is 6.06. The molecule has 0 saturated carbocycles. The van der Waals surface area contributed by atoms with Gasteiger partial charge in [0, 0.05) is 31.3 Å². The first-order chi connectivity index (χ1) is 11.3. The maximum Gasteiger partial charge on any atom is 0.410 e. The van der Waals surface area contributed by atoms with Crippen LogP contribution in [0, 0.1) is 5.92 Å². The Labute approximate surface area is 149 Å². The van der Waals surface area contributed by atoms with Crippen LogP contribution in [0.1, 0.15) is 64.5 Å². The summed E-state index contributed by atoms with van der Waals surface area (Å²) in [5.74, 6) is 0.683. The third kappa shape index (κ3) is 6.40. The molecule has 2 rings (SSSR count). The number of carbonyl (C=O) groups excluding carboxylic acids is 1. The minimum absolute atomic E-state index is 0.0824. The van der Waals surface area contributed by atoms with Gasteiger partial charge in [-0.1, -0.05) is 0 Å². The maximum atomic E-state index is 12.0. The number of rotatable bonds is 6. The molecular weight excluding hydrogens is 324 g/mol. The van der Waals surface area contributed by atoms with E-state index in [1.807, 2.05) is 37.2 Å². The minimum atomic E-state index is -0.417. The first-order valence-electron chi connectivity index (χ1n) is 8.84. The SMILES string of the molecule is C[C@H](OCCCC1CCN(C(=O)OC(C)(C)C)CC1)c1nccs1. The van der Waals surface area contributed by atoms with Gasteiger partial charge in [-0.3, -0.25) is 0 Å². The highest BCUT2D eigenvalue weighted by atomic mass is 32.1. The van der Waals surface area contributed by atoms with Crippen molar-refractivity contribution in [2.24, 2.45) is 5.92 Å². The van der Waals surface area contributed by atoms with Crippen molar-refractivity contribution in [3.05, 3.63) is 16.6 Å². The first-order valence-corrected chi connectivity index (χ1v) is 9.72. The molecule has 0 N–H and O–H groups in total. The molecule has 0 bridgehead atoms. The van der Waals surface area contributed by atoms with Gasteiger partial charge in [0.1, 0.15) is 16.7 Å². The van der Waals surface area contributed by atoms with Gasteiger partial charge in [0.2, 0.25) is 0 Å². The lowest BCUT2D eigenvalue weighted by Gasteiger charge is -2.33. The molecule has 6 heteroatoms. The summed E-state index contributed by atoms with van der Waals surface area (Å²) in [6, 6.07) is 0. The van der Waals surface area contributed by atoms with Crippen molar-refractivity contribution in [3.8, 4) is 0 Å². The molecule has 0 aromatic carbocycles. The van der Waals surface area contributed by atoms with Crippen molar-refractivity contribution in [2.75, 3.05) is 19.7 Å². The molecule has 1 aliphatic heterocycles. The number of ether oxygens (including phenoxy) is 2. The van der Waals surface area contributed by atoms with Gasteiger partial charge in [-0.15, -0.1) is 11.3 Å². The van der Waals surface area contributed by atoms with Crippen LogP contribution >= 0.6 is 11.3 Å². The highest BCUT2D eigenvalue weighted by molar-refractivity contribution is 7.09. The Kier molecular flexibility index (Phi) is 7.04. The van der Waals surface area contributed by atoms with E-state index >= 15 is 0 Å². The van der Waals surface area contributed by atoms with Crippen LogP contribution in [0.2, 0.25) is 0 Å². The summed E-state index contributed by atoms with van der Waals surface area (Å²) in [4.78, 5) is 18.2. The fourth-order valence-corrected chi connectivity index (χ4v) is 3.51. The monoisotopic (exact) mass is 354 g/mol. The molecule has 0 spiro atoms. The average Bonchev–Trinajstić information content (AvgIpc) is 3.04. The molecule has 0 radical (unpaired) electrons. The van der Waals surface area contributed by atoms with Crippen LogP contribution in [0.4, 0.5) is 4.79 Å². The number of hydrogen-bond donors (Lipinski definition) is 0. The summed E-state index contributed by atoms with van der Waals surface area (Å²) in [5, 5.41) is 3.02. The molecule has 1 saturated heterocycles. The van der Waals surface area contributed by atoms with Crippen LogP contribution < -0.4 is 0 Å². The normalized spacial score (nSPS) is 17.8. The second kappa shape index (κ2) is 8.81. The van der Waals surface area contributed by atoms with Gasteiger partial charge in [0.05, 0.1) is 0 Å².